The molecule has 0 aromatic carbocycles. The van der Waals surface area contributed by atoms with Gasteiger partial charge in [0.25, 0.3) is 0 Å². The molecule has 0 fully saturated rings. The maximum atomic E-state index is 8.00. The largest absolute Gasteiger partial charge is 0.307 e. The first-order valence-corrected chi connectivity index (χ1v) is 0.289. The third-order valence-electron chi connectivity index (χ3n) is 0. The van der Waals surface area contributed by atoms with Crippen LogP contribution in [-0.2, 0) is 4.79 Å². The summed E-state index contributed by atoms with van der Waals surface area (Å²) in [4.78, 5) is 8.00. The molecule has 0 aliphatic rings. The van der Waals surface area contributed by atoms with Crippen molar-refractivity contribution in [1.29, 1.82) is 0 Å². The van der Waals surface area contributed by atoms with Crippen molar-refractivity contribution in [3.8, 4) is 0 Å². The maximum Gasteiger partial charge on any atom is 0.106 e. The van der Waals surface area contributed by atoms with Gasteiger partial charge in [-0.05, 0) is 0 Å². The van der Waals surface area contributed by atoms with Crippen LogP contribution in [0.2, 0.25) is 0 Å². The van der Waals surface area contributed by atoms with Gasteiger partial charge in [0.2, 0.25) is 0 Å². The summed E-state index contributed by atoms with van der Waals surface area (Å²) in [6, 6.07) is 0. The molecule has 0 saturated heterocycles. The molecule has 0 bridgehead atoms. The third-order valence-corrected chi connectivity index (χ3v) is 0. The van der Waals surface area contributed by atoms with Crippen LogP contribution < -0.4 is 0 Å². The number of hydrogen-bond acceptors (Lipinski definition) is 1. The van der Waals surface area contributed by atoms with Gasteiger partial charge in [-0.3, -0.25) is 0 Å². The molecule has 0 aliphatic heterocycles. The van der Waals surface area contributed by atoms with Crippen LogP contribution in [0.15, 0.2) is 0 Å². The van der Waals surface area contributed by atoms with Crippen molar-refractivity contribution in [3.05, 3.63) is 0 Å². The molecule has 8 radical (unpaired) electrons. The van der Waals surface area contributed by atoms with Crippen molar-refractivity contribution >= 4 is 35.4 Å². The topological polar surface area (TPSA) is 17.1 Å². The summed E-state index contributed by atoms with van der Waals surface area (Å²) < 4.78 is 0. The van der Waals surface area contributed by atoms with E-state index in [1.807, 2.05) is 6.79 Å². The van der Waals surface area contributed by atoms with Crippen molar-refractivity contribution in [2.75, 3.05) is 0 Å². The molecule has 0 spiro atoms. The first kappa shape index (κ1) is 25.5. The third kappa shape index (κ3) is 26.9. The molecule has 0 atom stereocenters. The summed E-state index contributed by atoms with van der Waals surface area (Å²) in [6.07, 6.45) is 0. The molecular formula is CH2GeOSi. The molecule has 0 saturated carbocycles. The Morgan fingerprint density at radius 1 is 1.25 bits per heavy atom. The molecule has 0 unspecified atom stereocenters. The van der Waals surface area contributed by atoms with E-state index in [4.69, 9.17) is 4.79 Å². The Morgan fingerprint density at radius 3 is 1.25 bits per heavy atom. The van der Waals surface area contributed by atoms with Crippen molar-refractivity contribution in [2.45, 2.75) is 0 Å². The minimum atomic E-state index is 0. The average Bonchev–Trinajstić information content (AvgIpc) is 1.00. The zero-order valence-corrected chi connectivity index (χ0v) is 5.21. The van der Waals surface area contributed by atoms with E-state index >= 15 is 0 Å². The van der Waals surface area contributed by atoms with Crippen molar-refractivity contribution < 1.29 is 4.79 Å². The van der Waals surface area contributed by atoms with Crippen LogP contribution in [0.5, 0.6) is 0 Å². The van der Waals surface area contributed by atoms with Crippen LogP contribution in [0.4, 0.5) is 0 Å². The Hall–Kier alpha value is 0.430. The number of rotatable bonds is 0. The van der Waals surface area contributed by atoms with Crippen LogP contribution in [0, 0.1) is 0 Å². The molecule has 0 N–H and O–H groups in total. The smallest absolute Gasteiger partial charge is 0.106 e. The molecule has 0 amide bonds. The molecule has 1 nitrogen and oxygen atoms in total. The number of hydrogen-bond donors (Lipinski definition) is 0. The molecule has 0 rings (SSSR count). The SMILES string of the molecule is C=O.[Ge].[Si]. The standard InChI is InChI=1S/CH2O.Ge.Si/c1-2;;/h1H2;;. The van der Waals surface area contributed by atoms with Gasteiger partial charge in [-0.2, -0.15) is 0 Å². The first-order valence-electron chi connectivity index (χ1n) is 0.289. The van der Waals surface area contributed by atoms with E-state index in [1.165, 1.54) is 0 Å². The zero-order chi connectivity index (χ0) is 2.00. The van der Waals surface area contributed by atoms with Gasteiger partial charge in [-0.1, -0.05) is 0 Å². The zero-order valence-electron chi connectivity index (χ0n) is 2.12. The normalized spacial score (nSPS) is 1.00. The number of carbonyl (C=O) groups is 1. The second-order valence-electron chi connectivity index (χ2n) is 0. The quantitative estimate of drug-likeness (QED) is 0.387. The second-order valence-corrected chi connectivity index (χ2v) is 0. The van der Waals surface area contributed by atoms with E-state index in [2.05, 4.69) is 0 Å². The van der Waals surface area contributed by atoms with Crippen molar-refractivity contribution in [1.82, 2.24) is 0 Å². The Balaban J connectivity index is -0.00000000500. The molecule has 20 valence electrons. The second kappa shape index (κ2) is 110. The van der Waals surface area contributed by atoms with Crippen LogP contribution >= 0.6 is 0 Å². The van der Waals surface area contributed by atoms with Gasteiger partial charge in [-0.25, -0.2) is 0 Å². The Kier molecular flexibility index (Phi) is 699. The van der Waals surface area contributed by atoms with E-state index in [-0.39, 0.29) is 28.6 Å². The summed E-state index contributed by atoms with van der Waals surface area (Å²) in [5.41, 5.74) is 0. The predicted molar refractivity (Wildman–Crippen MR) is 18.6 cm³/mol. The van der Waals surface area contributed by atoms with E-state index in [0.717, 1.165) is 0 Å². The van der Waals surface area contributed by atoms with Crippen LogP contribution in [-0.4, -0.2) is 35.4 Å². The van der Waals surface area contributed by atoms with Crippen LogP contribution in [0.1, 0.15) is 0 Å². The monoisotopic (exact) mass is 132 g/mol. The van der Waals surface area contributed by atoms with Gasteiger partial charge in [0, 0.05) is 28.6 Å². The maximum absolute atomic E-state index is 8.00. The summed E-state index contributed by atoms with van der Waals surface area (Å²) >= 11 is 0. The Labute approximate surface area is 40.8 Å². The molecule has 0 aromatic heterocycles. The molecule has 0 aliphatic carbocycles. The van der Waals surface area contributed by atoms with E-state index < -0.39 is 0 Å². The minimum Gasteiger partial charge on any atom is -0.307 e. The summed E-state index contributed by atoms with van der Waals surface area (Å²) in [5.74, 6) is 0. The fraction of sp³-hybridized carbons (Fsp3) is 0. The average molecular weight is 131 g/mol. The van der Waals surface area contributed by atoms with Crippen LogP contribution in [0.3, 0.4) is 0 Å². The molecule has 3 heteroatoms. The predicted octanol–water partition coefficient (Wildman–Crippen LogP) is -0.947. The van der Waals surface area contributed by atoms with E-state index in [0.29, 0.717) is 0 Å². The van der Waals surface area contributed by atoms with Gasteiger partial charge in [0.1, 0.15) is 6.79 Å². The molecule has 4 heavy (non-hydrogen) atoms. The van der Waals surface area contributed by atoms with Gasteiger partial charge in [0.15, 0.2) is 0 Å². The summed E-state index contributed by atoms with van der Waals surface area (Å²) in [7, 11) is 0. The number of carbonyl (C=O) groups excluding carboxylic acids is 1. The Morgan fingerprint density at radius 2 is 1.25 bits per heavy atom. The van der Waals surface area contributed by atoms with Gasteiger partial charge in [-0.15, -0.1) is 0 Å². The van der Waals surface area contributed by atoms with Gasteiger partial charge in [0.05, 0.1) is 0 Å². The fourth-order valence-corrected chi connectivity index (χ4v) is 0. The first-order chi connectivity index (χ1) is 1.00. The van der Waals surface area contributed by atoms with E-state index in [1.54, 1.807) is 0 Å². The fourth-order valence-electron chi connectivity index (χ4n) is 0. The van der Waals surface area contributed by atoms with Crippen LogP contribution in [0.25, 0.3) is 0 Å². The molecular weight excluding hydrogens is 129 g/mol. The molecule has 0 aromatic rings. The minimum absolute atomic E-state index is 0. The Bertz CT molecular complexity index is 8.00. The van der Waals surface area contributed by atoms with Crippen molar-refractivity contribution in [3.63, 3.8) is 0 Å². The summed E-state index contributed by atoms with van der Waals surface area (Å²) in [6.45, 7) is 2.00. The summed E-state index contributed by atoms with van der Waals surface area (Å²) in [5, 5.41) is 0. The van der Waals surface area contributed by atoms with Gasteiger partial charge < -0.3 is 4.79 Å². The van der Waals surface area contributed by atoms with Crippen molar-refractivity contribution in [2.24, 2.45) is 0 Å². The van der Waals surface area contributed by atoms with Gasteiger partial charge >= 0.3 is 0 Å². The van der Waals surface area contributed by atoms with E-state index in [9.17, 15) is 0 Å². The molecule has 0 heterocycles.